The Balaban J connectivity index is 2.53. The molecule has 4 nitrogen and oxygen atoms in total. The summed E-state index contributed by atoms with van der Waals surface area (Å²) in [4.78, 5) is 2.24. The number of ether oxygens (including phenoxy) is 1. The fourth-order valence-electron chi connectivity index (χ4n) is 2.16. The molecule has 0 aliphatic carbocycles. The summed E-state index contributed by atoms with van der Waals surface area (Å²) in [6.07, 6.45) is 0.620. The monoisotopic (exact) mass is 311 g/mol. The van der Waals surface area contributed by atoms with E-state index >= 15 is 0 Å². The maximum absolute atomic E-state index is 10.2. The van der Waals surface area contributed by atoms with E-state index in [2.05, 4.69) is 18.7 Å². The maximum Gasteiger partial charge on any atom is 0.118 e. The molecule has 0 radical (unpaired) electrons. The van der Waals surface area contributed by atoms with Crippen molar-refractivity contribution in [2.45, 2.75) is 66.2 Å². The van der Waals surface area contributed by atoms with Crippen molar-refractivity contribution in [2.75, 3.05) is 19.7 Å². The maximum atomic E-state index is 10.2. The first kappa shape index (κ1) is 19.2. The highest BCUT2D eigenvalue weighted by Gasteiger charge is 2.17. The predicted octanol–water partition coefficient (Wildman–Crippen LogP) is 3.61. The van der Waals surface area contributed by atoms with Crippen molar-refractivity contribution in [1.82, 2.24) is 4.90 Å². The van der Waals surface area contributed by atoms with Crippen molar-refractivity contribution in [3.8, 4) is 0 Å². The highest BCUT2D eigenvalue weighted by molar-refractivity contribution is 5.05. The molecule has 0 bridgehead atoms. The van der Waals surface area contributed by atoms with E-state index in [0.717, 1.165) is 31.0 Å². The summed E-state index contributed by atoms with van der Waals surface area (Å²) < 4.78 is 11.3. The molecule has 1 unspecified atom stereocenters. The lowest BCUT2D eigenvalue weighted by atomic mass is 10.1. The van der Waals surface area contributed by atoms with E-state index in [1.165, 1.54) is 0 Å². The lowest BCUT2D eigenvalue weighted by Gasteiger charge is -2.27. The third-order valence-electron chi connectivity index (χ3n) is 3.38. The van der Waals surface area contributed by atoms with Crippen LogP contribution in [0.25, 0.3) is 0 Å². The van der Waals surface area contributed by atoms with E-state index in [4.69, 9.17) is 9.15 Å². The lowest BCUT2D eigenvalue weighted by molar-refractivity contribution is -0.0572. The number of hydrogen-bond donors (Lipinski definition) is 1. The normalized spacial score (nSPS) is 14.0. The van der Waals surface area contributed by atoms with Crippen LogP contribution in [0.2, 0.25) is 0 Å². The second-order valence-corrected chi connectivity index (χ2v) is 7.51. The first-order chi connectivity index (χ1) is 10.2. The molecular weight excluding hydrogens is 278 g/mol. The van der Waals surface area contributed by atoms with Crippen molar-refractivity contribution >= 4 is 0 Å². The second kappa shape index (κ2) is 8.70. The van der Waals surface area contributed by atoms with Crippen LogP contribution in [-0.2, 0) is 11.3 Å². The van der Waals surface area contributed by atoms with Crippen LogP contribution < -0.4 is 0 Å². The van der Waals surface area contributed by atoms with E-state index in [1.807, 2.05) is 39.8 Å². The molecule has 0 aromatic carbocycles. The van der Waals surface area contributed by atoms with Crippen molar-refractivity contribution in [2.24, 2.45) is 5.92 Å². The summed E-state index contributed by atoms with van der Waals surface area (Å²) in [7, 11) is 0. The summed E-state index contributed by atoms with van der Waals surface area (Å²) >= 11 is 0. The van der Waals surface area contributed by atoms with Gasteiger partial charge in [0.2, 0.25) is 0 Å². The quantitative estimate of drug-likeness (QED) is 0.757. The van der Waals surface area contributed by atoms with Crippen LogP contribution >= 0.6 is 0 Å². The number of furan rings is 1. The highest BCUT2D eigenvalue weighted by Crippen LogP contribution is 2.13. The summed E-state index contributed by atoms with van der Waals surface area (Å²) in [5.74, 6) is 2.52. The zero-order valence-corrected chi connectivity index (χ0v) is 15.1. The summed E-state index contributed by atoms with van der Waals surface area (Å²) in [6.45, 7) is 15.0. The fourth-order valence-corrected chi connectivity index (χ4v) is 2.16. The van der Waals surface area contributed by atoms with Crippen LogP contribution in [0.4, 0.5) is 0 Å². The Morgan fingerprint density at radius 3 is 2.45 bits per heavy atom. The minimum atomic E-state index is -0.484. The Kier molecular flexibility index (Phi) is 7.60. The minimum Gasteiger partial charge on any atom is -0.465 e. The summed E-state index contributed by atoms with van der Waals surface area (Å²) in [5, 5.41) is 10.2. The fraction of sp³-hybridized carbons (Fsp3) is 0.778. The molecule has 22 heavy (non-hydrogen) atoms. The zero-order chi connectivity index (χ0) is 16.8. The van der Waals surface area contributed by atoms with Gasteiger partial charge in [-0.3, -0.25) is 4.90 Å². The molecule has 0 amide bonds. The van der Waals surface area contributed by atoms with E-state index in [1.54, 1.807) is 0 Å². The highest BCUT2D eigenvalue weighted by atomic mass is 16.5. The number of aryl methyl sites for hydroxylation is 1. The van der Waals surface area contributed by atoms with Gasteiger partial charge >= 0.3 is 0 Å². The van der Waals surface area contributed by atoms with E-state index in [-0.39, 0.29) is 5.60 Å². The molecule has 0 fully saturated rings. The molecule has 1 atom stereocenters. The van der Waals surface area contributed by atoms with Gasteiger partial charge in [-0.15, -0.1) is 0 Å². The second-order valence-electron chi connectivity index (χ2n) is 7.51. The Morgan fingerprint density at radius 1 is 1.27 bits per heavy atom. The number of aliphatic hydroxyl groups is 1. The third-order valence-corrected chi connectivity index (χ3v) is 3.38. The van der Waals surface area contributed by atoms with Gasteiger partial charge in [0.05, 0.1) is 24.9 Å². The number of aliphatic hydroxyl groups excluding tert-OH is 1. The third kappa shape index (κ3) is 8.57. The Morgan fingerprint density at radius 2 is 1.95 bits per heavy atom. The Labute approximate surface area is 135 Å². The van der Waals surface area contributed by atoms with Crippen LogP contribution in [0.1, 0.15) is 52.6 Å². The van der Waals surface area contributed by atoms with Crippen LogP contribution in [-0.4, -0.2) is 41.4 Å². The molecule has 1 heterocycles. The number of hydrogen-bond acceptors (Lipinski definition) is 4. The van der Waals surface area contributed by atoms with E-state index < -0.39 is 6.10 Å². The molecule has 1 N–H and O–H groups in total. The van der Waals surface area contributed by atoms with Crippen LogP contribution in [0.15, 0.2) is 16.5 Å². The molecule has 1 aromatic rings. The standard InChI is InChI=1S/C18H33NO3/c1-14(2)9-10-19(12-17-8-7-15(3)22-17)11-16(20)13-21-18(4,5)6/h7-8,14,16,20H,9-13H2,1-6H3. The van der Waals surface area contributed by atoms with Gasteiger partial charge in [-0.1, -0.05) is 13.8 Å². The molecule has 0 saturated carbocycles. The average molecular weight is 311 g/mol. The Hall–Kier alpha value is -0.840. The van der Waals surface area contributed by atoms with Gasteiger partial charge in [0.15, 0.2) is 0 Å². The first-order valence-electron chi connectivity index (χ1n) is 8.25. The molecule has 1 aromatic heterocycles. The number of nitrogens with zero attached hydrogens (tertiary/aromatic N) is 1. The zero-order valence-electron chi connectivity index (χ0n) is 15.1. The average Bonchev–Trinajstić information content (AvgIpc) is 2.78. The van der Waals surface area contributed by atoms with Crippen LogP contribution in [0.3, 0.4) is 0 Å². The van der Waals surface area contributed by atoms with Crippen LogP contribution in [0.5, 0.6) is 0 Å². The topological polar surface area (TPSA) is 45.8 Å². The lowest BCUT2D eigenvalue weighted by Crippen LogP contribution is -2.37. The van der Waals surface area contributed by atoms with Crippen molar-refractivity contribution in [3.05, 3.63) is 23.7 Å². The van der Waals surface area contributed by atoms with Crippen LogP contribution in [0, 0.1) is 12.8 Å². The minimum absolute atomic E-state index is 0.220. The van der Waals surface area contributed by atoms with Gasteiger partial charge in [-0.25, -0.2) is 0 Å². The van der Waals surface area contributed by atoms with Crippen molar-refractivity contribution in [3.63, 3.8) is 0 Å². The van der Waals surface area contributed by atoms with Crippen molar-refractivity contribution < 1.29 is 14.3 Å². The molecule has 0 aliphatic rings. The molecule has 4 heteroatoms. The molecule has 0 spiro atoms. The molecular formula is C18H33NO3. The van der Waals surface area contributed by atoms with Gasteiger partial charge in [-0.2, -0.15) is 0 Å². The van der Waals surface area contributed by atoms with Crippen molar-refractivity contribution in [1.29, 1.82) is 0 Å². The molecule has 0 saturated heterocycles. The predicted molar refractivity (Wildman–Crippen MR) is 89.9 cm³/mol. The smallest absolute Gasteiger partial charge is 0.118 e. The van der Waals surface area contributed by atoms with Gasteiger partial charge < -0.3 is 14.3 Å². The summed E-state index contributed by atoms with van der Waals surface area (Å²) in [5.41, 5.74) is -0.220. The van der Waals surface area contributed by atoms with Gasteiger partial charge in [0, 0.05) is 6.54 Å². The summed E-state index contributed by atoms with van der Waals surface area (Å²) in [6, 6.07) is 3.99. The molecule has 128 valence electrons. The Bertz CT molecular complexity index is 420. The SMILES string of the molecule is Cc1ccc(CN(CCC(C)C)CC(O)COC(C)(C)C)o1. The first-order valence-corrected chi connectivity index (χ1v) is 8.25. The van der Waals surface area contributed by atoms with Gasteiger partial charge in [-0.05, 0) is 58.7 Å². The largest absolute Gasteiger partial charge is 0.465 e. The van der Waals surface area contributed by atoms with Gasteiger partial charge in [0.1, 0.15) is 11.5 Å². The van der Waals surface area contributed by atoms with E-state index in [9.17, 15) is 5.11 Å². The van der Waals surface area contributed by atoms with E-state index in [0.29, 0.717) is 19.1 Å². The molecule has 1 rings (SSSR count). The molecule has 0 aliphatic heterocycles. The number of rotatable bonds is 9. The van der Waals surface area contributed by atoms with Gasteiger partial charge in [0.25, 0.3) is 0 Å².